The molecule has 0 atom stereocenters. The Hall–Kier alpha value is -2.01. The third kappa shape index (κ3) is 1.93. The predicted molar refractivity (Wildman–Crippen MR) is 72.1 cm³/mol. The van der Waals surface area contributed by atoms with Crippen molar-refractivity contribution in [3.63, 3.8) is 0 Å². The van der Waals surface area contributed by atoms with Gasteiger partial charge in [-0.25, -0.2) is 4.98 Å². The molecule has 3 aromatic rings. The van der Waals surface area contributed by atoms with E-state index in [0.717, 1.165) is 26.8 Å². The second-order valence-electron chi connectivity index (χ2n) is 3.79. The van der Waals surface area contributed by atoms with Gasteiger partial charge in [-0.3, -0.25) is 9.97 Å². The van der Waals surface area contributed by atoms with Gasteiger partial charge >= 0.3 is 0 Å². The van der Waals surface area contributed by atoms with Crippen LogP contribution in [0, 0.1) is 0 Å². The first kappa shape index (κ1) is 11.1. The summed E-state index contributed by atoms with van der Waals surface area (Å²) in [6, 6.07) is 6.87. The van der Waals surface area contributed by atoms with Crippen LogP contribution < -0.4 is 0 Å². The molecule has 0 unspecified atom stereocenters. The number of benzene rings is 1. The summed E-state index contributed by atoms with van der Waals surface area (Å²) in [5, 5.41) is 9.27. The molecule has 0 saturated heterocycles. The molecular weight excluding hydrogens is 294 g/mol. The van der Waals surface area contributed by atoms with Crippen LogP contribution >= 0.6 is 15.9 Å². The third-order valence-electron chi connectivity index (χ3n) is 2.57. The van der Waals surface area contributed by atoms with Gasteiger partial charge in [0.05, 0.1) is 22.6 Å². The van der Waals surface area contributed by atoms with E-state index in [1.807, 2.05) is 0 Å². The minimum atomic E-state index is 0.234. The molecule has 2 heterocycles. The highest BCUT2D eigenvalue weighted by Crippen LogP contribution is 2.24. The number of hydrogen-bond donors (Lipinski definition) is 1. The molecule has 1 N–H and O–H groups in total. The van der Waals surface area contributed by atoms with Crippen LogP contribution in [0.15, 0.2) is 47.3 Å². The molecule has 0 radical (unpaired) electrons. The highest BCUT2D eigenvalue weighted by atomic mass is 79.9. The zero-order chi connectivity index (χ0) is 12.5. The summed E-state index contributed by atoms with van der Waals surface area (Å²) in [5.41, 5.74) is 3.18. The van der Waals surface area contributed by atoms with Crippen molar-refractivity contribution in [2.75, 3.05) is 0 Å². The second-order valence-corrected chi connectivity index (χ2v) is 4.65. The van der Waals surface area contributed by atoms with Gasteiger partial charge in [-0.1, -0.05) is 0 Å². The minimum Gasteiger partial charge on any atom is -0.508 e. The topological polar surface area (TPSA) is 58.9 Å². The number of phenolic OH excluding ortho intramolecular Hbond substituents is 1. The largest absolute Gasteiger partial charge is 0.508 e. The van der Waals surface area contributed by atoms with Crippen molar-refractivity contribution < 1.29 is 5.11 Å². The first-order chi connectivity index (χ1) is 8.74. The van der Waals surface area contributed by atoms with Crippen LogP contribution in [-0.4, -0.2) is 20.1 Å². The van der Waals surface area contributed by atoms with Crippen LogP contribution in [-0.2, 0) is 0 Å². The van der Waals surface area contributed by atoms with Gasteiger partial charge in [-0.2, -0.15) is 0 Å². The van der Waals surface area contributed by atoms with Crippen LogP contribution in [0.3, 0.4) is 0 Å². The van der Waals surface area contributed by atoms with E-state index in [1.165, 1.54) is 0 Å². The highest BCUT2D eigenvalue weighted by molar-refractivity contribution is 9.10. The second kappa shape index (κ2) is 4.34. The quantitative estimate of drug-likeness (QED) is 0.750. The van der Waals surface area contributed by atoms with E-state index in [9.17, 15) is 5.11 Å². The molecular formula is C13H8BrN3O. The zero-order valence-corrected chi connectivity index (χ0v) is 10.8. The van der Waals surface area contributed by atoms with Crippen molar-refractivity contribution >= 4 is 27.0 Å². The summed E-state index contributed by atoms with van der Waals surface area (Å²) in [7, 11) is 0. The van der Waals surface area contributed by atoms with Crippen LogP contribution in [0.5, 0.6) is 5.75 Å². The molecule has 0 amide bonds. The summed E-state index contributed by atoms with van der Waals surface area (Å²) in [6.45, 7) is 0. The molecule has 5 heteroatoms. The molecule has 3 rings (SSSR count). The van der Waals surface area contributed by atoms with Crippen molar-refractivity contribution in [3.05, 3.63) is 47.3 Å². The molecule has 4 nitrogen and oxygen atoms in total. The highest BCUT2D eigenvalue weighted by Gasteiger charge is 2.05. The van der Waals surface area contributed by atoms with Gasteiger partial charge < -0.3 is 5.11 Å². The first-order valence-corrected chi connectivity index (χ1v) is 6.09. The van der Waals surface area contributed by atoms with Crippen molar-refractivity contribution in [2.45, 2.75) is 0 Å². The van der Waals surface area contributed by atoms with Crippen LogP contribution in [0.2, 0.25) is 0 Å². The Morgan fingerprint density at radius 2 is 1.78 bits per heavy atom. The number of hydrogen-bond acceptors (Lipinski definition) is 4. The number of rotatable bonds is 1. The van der Waals surface area contributed by atoms with E-state index in [1.54, 1.807) is 42.9 Å². The number of aromatic nitrogens is 3. The first-order valence-electron chi connectivity index (χ1n) is 5.30. The fourth-order valence-electron chi connectivity index (χ4n) is 1.67. The average molecular weight is 302 g/mol. The van der Waals surface area contributed by atoms with Gasteiger partial charge in [0.2, 0.25) is 0 Å². The van der Waals surface area contributed by atoms with Crippen molar-refractivity contribution in [2.24, 2.45) is 0 Å². The van der Waals surface area contributed by atoms with E-state index >= 15 is 0 Å². The summed E-state index contributed by atoms with van der Waals surface area (Å²) in [5.74, 6) is 0.234. The molecule has 0 saturated carbocycles. The number of pyridine rings is 1. The number of phenols is 1. The van der Waals surface area contributed by atoms with Gasteiger partial charge in [-0.15, -0.1) is 0 Å². The maximum atomic E-state index is 9.27. The summed E-state index contributed by atoms with van der Waals surface area (Å²) in [4.78, 5) is 12.9. The monoisotopic (exact) mass is 301 g/mol. The normalized spacial score (nSPS) is 10.7. The lowest BCUT2D eigenvalue weighted by Gasteiger charge is -2.03. The van der Waals surface area contributed by atoms with Gasteiger partial charge in [0.15, 0.2) is 0 Å². The molecule has 0 bridgehead atoms. The summed E-state index contributed by atoms with van der Waals surface area (Å²) < 4.78 is 0.813. The lowest BCUT2D eigenvalue weighted by Crippen LogP contribution is -1.90. The van der Waals surface area contributed by atoms with Gasteiger partial charge in [0.25, 0.3) is 0 Å². The Balaban J connectivity index is 2.18. The molecule has 0 spiro atoms. The van der Waals surface area contributed by atoms with Gasteiger partial charge in [-0.05, 0) is 40.2 Å². The molecule has 0 aliphatic rings. The predicted octanol–water partition coefficient (Wildman–Crippen LogP) is 3.16. The summed E-state index contributed by atoms with van der Waals surface area (Å²) >= 11 is 3.41. The lowest BCUT2D eigenvalue weighted by molar-refractivity contribution is 0.475. The summed E-state index contributed by atoms with van der Waals surface area (Å²) in [6.07, 6.45) is 5.06. The number of aromatic hydroxyl groups is 1. The van der Waals surface area contributed by atoms with Crippen LogP contribution in [0.1, 0.15) is 0 Å². The SMILES string of the molecule is Oc1ccc(-c2cnc3cncc(Br)c3n2)cc1. The molecule has 0 fully saturated rings. The smallest absolute Gasteiger partial charge is 0.115 e. The molecule has 0 aliphatic carbocycles. The fraction of sp³-hybridized carbons (Fsp3) is 0. The molecule has 88 valence electrons. The van der Waals surface area contributed by atoms with Gasteiger partial charge in [0.1, 0.15) is 16.8 Å². The molecule has 0 aliphatic heterocycles. The average Bonchev–Trinajstić information content (AvgIpc) is 2.40. The Morgan fingerprint density at radius 3 is 2.56 bits per heavy atom. The zero-order valence-electron chi connectivity index (χ0n) is 9.21. The maximum absolute atomic E-state index is 9.27. The number of nitrogens with zero attached hydrogens (tertiary/aromatic N) is 3. The van der Waals surface area contributed by atoms with Crippen molar-refractivity contribution in [1.29, 1.82) is 0 Å². The number of halogens is 1. The standard InChI is InChI=1S/C13H8BrN3O/c14-10-5-15-6-12-13(10)17-11(7-16-12)8-1-3-9(18)4-2-8/h1-7,18H. The maximum Gasteiger partial charge on any atom is 0.115 e. The van der Waals surface area contributed by atoms with Crippen molar-refractivity contribution in [3.8, 4) is 17.0 Å². The van der Waals surface area contributed by atoms with E-state index in [2.05, 4.69) is 30.9 Å². The number of fused-ring (bicyclic) bond motifs is 1. The molecule has 18 heavy (non-hydrogen) atoms. The molecule has 1 aromatic carbocycles. The Bertz CT molecular complexity index is 713. The Morgan fingerprint density at radius 1 is 1.00 bits per heavy atom. The van der Waals surface area contributed by atoms with Crippen LogP contribution in [0.4, 0.5) is 0 Å². The van der Waals surface area contributed by atoms with E-state index < -0.39 is 0 Å². The third-order valence-corrected chi connectivity index (χ3v) is 3.16. The molecule has 2 aromatic heterocycles. The minimum absolute atomic E-state index is 0.234. The van der Waals surface area contributed by atoms with Crippen LogP contribution in [0.25, 0.3) is 22.3 Å². The van der Waals surface area contributed by atoms with Crippen molar-refractivity contribution in [1.82, 2.24) is 15.0 Å². The van der Waals surface area contributed by atoms with E-state index in [-0.39, 0.29) is 5.75 Å². The van der Waals surface area contributed by atoms with E-state index in [4.69, 9.17) is 0 Å². The van der Waals surface area contributed by atoms with Gasteiger partial charge in [0, 0.05) is 11.8 Å². The lowest BCUT2D eigenvalue weighted by atomic mass is 10.1. The van der Waals surface area contributed by atoms with E-state index in [0.29, 0.717) is 0 Å². The Kier molecular flexibility index (Phi) is 2.68. The fourth-order valence-corrected chi connectivity index (χ4v) is 2.08. The Labute approximate surface area is 111 Å².